The zero-order chi connectivity index (χ0) is 46.8. The minimum absolute atomic E-state index is 0.0266. The third-order valence-electron chi connectivity index (χ3n) is 11.7. The number of rotatable bonds is 16. The van der Waals surface area contributed by atoms with E-state index in [1.807, 2.05) is 32.1 Å². The number of primary amides is 1. The van der Waals surface area contributed by atoms with Crippen molar-refractivity contribution in [1.82, 2.24) is 15.5 Å². The summed E-state index contributed by atoms with van der Waals surface area (Å²) in [5.41, 5.74) is 10.6. The predicted molar refractivity (Wildman–Crippen MR) is 230 cm³/mol. The van der Waals surface area contributed by atoms with Gasteiger partial charge in [0.05, 0.1) is 68.5 Å². The quantitative estimate of drug-likeness (QED) is 0.0896. The van der Waals surface area contributed by atoms with Crippen LogP contribution in [0.25, 0.3) is 0 Å². The Hall–Kier alpha value is -4.63. The maximum Gasteiger partial charge on any atom is 0.409 e. The zero-order valence-electron chi connectivity index (χ0n) is 37.3. The number of benzene rings is 1. The fourth-order valence-corrected chi connectivity index (χ4v) is 7.84. The van der Waals surface area contributed by atoms with Crippen LogP contribution in [0.15, 0.2) is 35.9 Å². The molecule has 3 aliphatic heterocycles. The Morgan fingerprint density at radius 1 is 1.14 bits per heavy atom. The van der Waals surface area contributed by atoms with Crippen LogP contribution in [0.2, 0.25) is 5.02 Å². The lowest BCUT2D eigenvalue weighted by molar-refractivity contribution is -0.162. The van der Waals surface area contributed by atoms with Gasteiger partial charge in [-0.3, -0.25) is 24.5 Å². The van der Waals surface area contributed by atoms with Gasteiger partial charge in [-0.05, 0) is 51.3 Å². The molecular formula is C43H63ClN6O13. The van der Waals surface area contributed by atoms with Crippen LogP contribution in [0.3, 0.4) is 0 Å². The molecule has 4 rings (SSSR count). The Balaban J connectivity index is 1.46. The number of carbonyl (C=O) groups is 6. The van der Waals surface area contributed by atoms with Crippen LogP contribution in [0.5, 0.6) is 0 Å². The summed E-state index contributed by atoms with van der Waals surface area (Å²) in [6, 6.07) is 1.64. The molecule has 0 radical (unpaired) electrons. The van der Waals surface area contributed by atoms with E-state index in [-0.39, 0.29) is 58.7 Å². The SMILES string of the molecule is CO[C@@H]1/C=C/C=C(\C)Cc2cc(C)c(Cl)c(c2)N(C)C(=O)C[C@H](OC(=O)[C@H](C)N(C)C(=O)CCOCCOCCNC(=O)[C@@H](N)CC(N)=O)[C@]2(C)OC2[C@H](C)[C@@H]2C[C@]1(O)NC(=O)O2. The number of hydrogen-bond donors (Lipinski definition) is 5. The fraction of sp³-hybridized carbons (Fsp3) is 0.628. The Morgan fingerprint density at radius 3 is 2.49 bits per heavy atom. The molecule has 20 heteroatoms. The lowest BCUT2D eigenvalue weighted by Crippen LogP contribution is -2.63. The van der Waals surface area contributed by atoms with Gasteiger partial charge in [0, 0.05) is 40.1 Å². The first-order valence-corrected chi connectivity index (χ1v) is 21.2. The number of aliphatic hydroxyl groups is 1. The monoisotopic (exact) mass is 906 g/mol. The van der Waals surface area contributed by atoms with E-state index in [1.54, 1.807) is 33.0 Å². The maximum absolute atomic E-state index is 14.2. The molecule has 4 bridgehead atoms. The number of nitrogens with two attached hydrogens (primary N) is 2. The van der Waals surface area contributed by atoms with E-state index in [1.165, 1.54) is 30.9 Å². The third-order valence-corrected chi connectivity index (χ3v) is 12.1. The Bertz CT molecular complexity index is 1920. The summed E-state index contributed by atoms with van der Waals surface area (Å²) in [6.07, 6.45) is 0.468. The topological polar surface area (TPSA) is 264 Å². The molecular weight excluding hydrogens is 844 g/mol. The molecule has 0 aromatic heterocycles. The van der Waals surface area contributed by atoms with E-state index < -0.39 is 89.4 Å². The van der Waals surface area contributed by atoms with E-state index in [4.69, 9.17) is 51.5 Å². The number of methoxy groups -OCH3 is 1. The van der Waals surface area contributed by atoms with Crippen molar-refractivity contribution in [3.05, 3.63) is 52.1 Å². The van der Waals surface area contributed by atoms with E-state index in [0.29, 0.717) is 17.1 Å². The first-order chi connectivity index (χ1) is 29.6. The summed E-state index contributed by atoms with van der Waals surface area (Å²) in [7, 11) is 4.47. The number of nitrogens with one attached hydrogen (secondary N) is 2. The van der Waals surface area contributed by atoms with Crippen LogP contribution < -0.4 is 27.0 Å². The van der Waals surface area contributed by atoms with Crippen LogP contribution in [0.4, 0.5) is 10.5 Å². The van der Waals surface area contributed by atoms with Gasteiger partial charge in [0.15, 0.2) is 5.72 Å². The standard InChI is InChI=1S/C43H63ClN6O13/c1-24-10-9-11-32(58-8)43(57)23-31(61-41(56)48-43)26(3)38-42(5,63-38)33(22-36(53)50(7)30-20-28(18-24)19-25(2)37(30)44)62-40(55)27(4)49(6)35(52)12-14-59-16-17-60-15-13-47-39(54)29(45)21-34(46)51/h9-11,19-20,26-27,29,31-33,38,57H,12-18,21-23,45H2,1-8H3,(H2,46,51)(H,47,54)(H,48,56)/b11-9+,24-10+/t26-,27+,29+,31+,32-,33+,38?,42+,43-/m1/s1. The molecule has 0 aliphatic carbocycles. The molecule has 3 heterocycles. The van der Waals surface area contributed by atoms with Gasteiger partial charge in [-0.2, -0.15) is 0 Å². The number of carbonyl (C=O) groups excluding carboxylic acids is 6. The number of allylic oxidation sites excluding steroid dienone is 3. The lowest BCUT2D eigenvalue weighted by Gasteiger charge is -2.42. The van der Waals surface area contributed by atoms with E-state index in [2.05, 4.69) is 10.6 Å². The van der Waals surface area contributed by atoms with E-state index >= 15 is 0 Å². The molecule has 7 N–H and O–H groups in total. The highest BCUT2D eigenvalue weighted by atomic mass is 35.5. The molecule has 350 valence electrons. The van der Waals surface area contributed by atoms with Gasteiger partial charge in [-0.15, -0.1) is 0 Å². The van der Waals surface area contributed by atoms with Gasteiger partial charge in [0.1, 0.15) is 30.0 Å². The predicted octanol–water partition coefficient (Wildman–Crippen LogP) is 1.56. The summed E-state index contributed by atoms with van der Waals surface area (Å²) in [5.74, 6) is -3.40. The van der Waals surface area contributed by atoms with Crippen molar-refractivity contribution < 1.29 is 62.3 Å². The number of nitrogens with zero attached hydrogens (tertiary/aromatic N) is 2. The summed E-state index contributed by atoms with van der Waals surface area (Å²) in [5, 5.41) is 17.2. The molecule has 5 amide bonds. The number of halogens is 1. The third kappa shape index (κ3) is 13.4. The number of ether oxygens (including phenoxy) is 6. The number of amides is 5. The Kier molecular flexibility index (Phi) is 18.1. The van der Waals surface area contributed by atoms with Crippen molar-refractivity contribution in [2.24, 2.45) is 17.4 Å². The molecule has 2 fully saturated rings. The second kappa shape index (κ2) is 22.3. The molecule has 0 spiro atoms. The second-order valence-electron chi connectivity index (χ2n) is 16.6. The molecule has 1 aromatic rings. The van der Waals surface area contributed by atoms with Gasteiger partial charge in [0.2, 0.25) is 23.6 Å². The number of hydrogen-bond acceptors (Lipinski definition) is 14. The summed E-state index contributed by atoms with van der Waals surface area (Å²) in [6.45, 7) is 9.42. The normalized spacial score (nSPS) is 28.5. The van der Waals surface area contributed by atoms with Gasteiger partial charge >= 0.3 is 12.1 Å². The van der Waals surface area contributed by atoms with Crippen molar-refractivity contribution in [1.29, 1.82) is 0 Å². The van der Waals surface area contributed by atoms with E-state index in [0.717, 1.165) is 16.7 Å². The van der Waals surface area contributed by atoms with Crippen LogP contribution in [0, 0.1) is 12.8 Å². The first-order valence-electron chi connectivity index (χ1n) is 20.9. The Labute approximate surface area is 373 Å². The molecule has 1 unspecified atom stereocenters. The number of esters is 1. The van der Waals surface area contributed by atoms with Gasteiger partial charge in [-0.1, -0.05) is 48.4 Å². The lowest BCUT2D eigenvalue weighted by atomic mass is 9.83. The van der Waals surface area contributed by atoms with Crippen LogP contribution >= 0.6 is 11.6 Å². The van der Waals surface area contributed by atoms with Crippen molar-refractivity contribution in [2.75, 3.05) is 59.1 Å². The molecule has 1 aromatic carbocycles. The highest BCUT2D eigenvalue weighted by molar-refractivity contribution is 6.34. The maximum atomic E-state index is 14.2. The smallest absolute Gasteiger partial charge is 0.409 e. The fourth-order valence-electron chi connectivity index (χ4n) is 7.60. The summed E-state index contributed by atoms with van der Waals surface area (Å²) < 4.78 is 34.6. The highest BCUT2D eigenvalue weighted by Crippen LogP contribution is 2.49. The number of alkyl carbamates (subject to hydrolysis) is 1. The van der Waals surface area contributed by atoms with Crippen LogP contribution in [0.1, 0.15) is 64.5 Å². The summed E-state index contributed by atoms with van der Waals surface area (Å²) >= 11 is 6.79. The average Bonchev–Trinajstić information content (AvgIpc) is 3.92. The number of fused-ring (bicyclic) bond motifs is 5. The van der Waals surface area contributed by atoms with Gasteiger partial charge in [-0.25, -0.2) is 9.59 Å². The van der Waals surface area contributed by atoms with Crippen LogP contribution in [-0.2, 0) is 58.8 Å². The minimum Gasteiger partial charge on any atom is -0.457 e. The molecule has 19 nitrogen and oxygen atoms in total. The van der Waals surface area contributed by atoms with Crippen molar-refractivity contribution in [3.8, 4) is 0 Å². The number of anilines is 1. The van der Waals surface area contributed by atoms with Gasteiger partial charge < -0.3 is 60.1 Å². The Morgan fingerprint density at radius 2 is 1.83 bits per heavy atom. The first kappa shape index (κ1) is 51.0. The van der Waals surface area contributed by atoms with Crippen molar-refractivity contribution in [3.63, 3.8) is 0 Å². The van der Waals surface area contributed by atoms with Gasteiger partial charge in [0.25, 0.3) is 0 Å². The van der Waals surface area contributed by atoms with E-state index in [9.17, 15) is 33.9 Å². The number of likely N-dealkylation sites (N-methyl/N-ethyl adjacent to an activating group) is 1. The summed E-state index contributed by atoms with van der Waals surface area (Å²) in [4.78, 5) is 79.5. The van der Waals surface area contributed by atoms with Crippen molar-refractivity contribution in [2.45, 2.75) is 115 Å². The molecule has 63 heavy (non-hydrogen) atoms. The average molecular weight is 907 g/mol. The number of epoxide rings is 1. The van der Waals surface area contributed by atoms with Crippen molar-refractivity contribution >= 4 is 53.0 Å². The minimum atomic E-state index is -1.85. The molecule has 9 atom stereocenters. The number of aryl methyl sites for hydroxylation is 1. The molecule has 2 saturated heterocycles. The second-order valence-corrected chi connectivity index (χ2v) is 16.9. The van der Waals surface area contributed by atoms with Crippen LogP contribution in [-0.4, -0.2) is 148 Å². The highest BCUT2D eigenvalue weighted by Gasteiger charge is 2.64. The molecule has 0 saturated carbocycles. The zero-order valence-corrected chi connectivity index (χ0v) is 38.0. The largest absolute Gasteiger partial charge is 0.457 e. The molecule has 3 aliphatic rings.